The number of aromatic nitrogens is 2. The Morgan fingerprint density at radius 3 is 1.17 bits per heavy atom. The Morgan fingerprint density at radius 2 is 0.696 bits per heavy atom. The number of para-hydroxylation sites is 2. The number of rotatable bonds is 2. The normalized spacial score (nSPS) is 12.3. The molecule has 0 saturated heterocycles. The zero-order valence-electron chi connectivity index (χ0n) is 24.6. The maximum atomic E-state index is 2.46. The molecule has 0 bridgehead atoms. The molecule has 2 nitrogen and oxygen atoms in total. The summed E-state index contributed by atoms with van der Waals surface area (Å²) >= 11 is 3.74. The van der Waals surface area contributed by atoms with Crippen LogP contribution in [0.5, 0.6) is 0 Å². The zero-order valence-corrected chi connectivity index (χ0v) is 26.2. The van der Waals surface area contributed by atoms with Crippen LogP contribution in [0.4, 0.5) is 0 Å². The van der Waals surface area contributed by atoms with E-state index >= 15 is 0 Å². The molecule has 4 aromatic heterocycles. The molecule has 0 amide bonds. The molecule has 46 heavy (non-hydrogen) atoms. The molecule has 4 heterocycles. The van der Waals surface area contributed by atoms with E-state index in [-0.39, 0.29) is 0 Å². The van der Waals surface area contributed by atoms with E-state index in [1.165, 1.54) is 95.3 Å². The molecule has 11 aromatic rings. The molecule has 0 aliphatic rings. The van der Waals surface area contributed by atoms with Gasteiger partial charge in [-0.1, -0.05) is 72.8 Å². The fourth-order valence-electron chi connectivity index (χ4n) is 7.78. The quantitative estimate of drug-likeness (QED) is 0.182. The van der Waals surface area contributed by atoms with Crippen LogP contribution < -0.4 is 0 Å². The highest BCUT2D eigenvalue weighted by Gasteiger charge is 2.21. The van der Waals surface area contributed by atoms with Gasteiger partial charge in [-0.15, -0.1) is 22.7 Å². The van der Waals surface area contributed by atoms with E-state index < -0.39 is 0 Å². The first-order valence-electron chi connectivity index (χ1n) is 15.6. The van der Waals surface area contributed by atoms with E-state index in [0.717, 1.165) is 0 Å². The fourth-order valence-corrected chi connectivity index (χ4v) is 9.95. The molecule has 0 aliphatic carbocycles. The van der Waals surface area contributed by atoms with E-state index in [9.17, 15) is 0 Å². The van der Waals surface area contributed by atoms with Crippen LogP contribution in [0.15, 0.2) is 146 Å². The molecule has 0 spiro atoms. The Bertz CT molecular complexity index is 2830. The van der Waals surface area contributed by atoms with E-state index in [0.29, 0.717) is 0 Å². The summed E-state index contributed by atoms with van der Waals surface area (Å²) in [4.78, 5) is 0. The molecule has 0 aliphatic heterocycles. The van der Waals surface area contributed by atoms with Crippen molar-refractivity contribution in [2.24, 2.45) is 0 Å². The number of fused-ring (bicyclic) bond motifs is 13. The molecule has 0 saturated carbocycles. The maximum Gasteiger partial charge on any atom is 0.0548 e. The Morgan fingerprint density at radius 1 is 0.304 bits per heavy atom. The number of benzene rings is 7. The van der Waals surface area contributed by atoms with Gasteiger partial charge < -0.3 is 9.13 Å². The first kappa shape index (κ1) is 24.8. The van der Waals surface area contributed by atoms with E-state index in [1.54, 1.807) is 0 Å². The summed E-state index contributed by atoms with van der Waals surface area (Å²) in [5, 5.41) is 10.5. The Labute approximate surface area is 271 Å². The first-order chi connectivity index (χ1) is 22.8. The van der Waals surface area contributed by atoms with E-state index in [1.807, 2.05) is 22.7 Å². The summed E-state index contributed by atoms with van der Waals surface area (Å²) in [6.45, 7) is 0. The lowest BCUT2D eigenvalue weighted by molar-refractivity contribution is 1.18. The molecule has 0 atom stereocenters. The van der Waals surface area contributed by atoms with Gasteiger partial charge in [-0.2, -0.15) is 0 Å². The monoisotopic (exact) mass is 620 g/mol. The predicted octanol–water partition coefficient (Wildman–Crippen LogP) is 12.6. The number of hydrogen-bond donors (Lipinski definition) is 0. The van der Waals surface area contributed by atoms with Gasteiger partial charge in [0.25, 0.3) is 0 Å². The maximum absolute atomic E-state index is 2.46. The second-order valence-electron chi connectivity index (χ2n) is 12.1. The second kappa shape index (κ2) is 9.07. The van der Waals surface area contributed by atoms with Crippen molar-refractivity contribution < 1.29 is 0 Å². The number of thiophene rings is 2. The van der Waals surface area contributed by atoms with E-state index in [4.69, 9.17) is 0 Å². The van der Waals surface area contributed by atoms with Gasteiger partial charge in [0.05, 0.1) is 22.1 Å². The lowest BCUT2D eigenvalue weighted by Gasteiger charge is -2.10. The summed E-state index contributed by atoms with van der Waals surface area (Å²) in [6.07, 6.45) is 0. The smallest absolute Gasteiger partial charge is 0.0548 e. The van der Waals surface area contributed by atoms with E-state index in [2.05, 4.69) is 155 Å². The van der Waals surface area contributed by atoms with Gasteiger partial charge in [-0.05, 0) is 72.8 Å². The topological polar surface area (TPSA) is 9.86 Å². The highest BCUT2D eigenvalue weighted by molar-refractivity contribution is 7.26. The average Bonchev–Trinajstić information content (AvgIpc) is 3.85. The van der Waals surface area contributed by atoms with Crippen molar-refractivity contribution in [2.75, 3.05) is 0 Å². The van der Waals surface area contributed by atoms with Crippen molar-refractivity contribution in [3.8, 4) is 11.4 Å². The molecular weight excluding hydrogens is 597 g/mol. The summed E-state index contributed by atoms with van der Waals surface area (Å²) in [5.41, 5.74) is 7.31. The minimum atomic E-state index is 1.19. The highest BCUT2D eigenvalue weighted by atomic mass is 32.1. The Hall–Kier alpha value is -5.42. The van der Waals surface area contributed by atoms with Gasteiger partial charge >= 0.3 is 0 Å². The minimum absolute atomic E-state index is 1.19. The van der Waals surface area contributed by atoms with Crippen LogP contribution in [-0.4, -0.2) is 9.13 Å². The molecule has 0 radical (unpaired) electrons. The van der Waals surface area contributed by atoms with Gasteiger partial charge in [0.2, 0.25) is 0 Å². The van der Waals surface area contributed by atoms with Crippen LogP contribution in [0.25, 0.3) is 95.3 Å². The van der Waals surface area contributed by atoms with Crippen molar-refractivity contribution in [3.63, 3.8) is 0 Å². The molecule has 7 aromatic carbocycles. The average molecular weight is 621 g/mol. The second-order valence-corrected chi connectivity index (χ2v) is 14.3. The molecule has 11 rings (SSSR count). The van der Waals surface area contributed by atoms with Crippen LogP contribution in [0.3, 0.4) is 0 Å². The number of nitrogens with zero attached hydrogens (tertiary/aromatic N) is 2. The summed E-state index contributed by atoms with van der Waals surface area (Å²) < 4.78 is 10.2. The van der Waals surface area contributed by atoms with Crippen LogP contribution in [0.1, 0.15) is 0 Å². The Balaban J connectivity index is 1.25. The Kier molecular flexibility index (Phi) is 4.90. The van der Waals surface area contributed by atoms with Crippen molar-refractivity contribution in [2.45, 2.75) is 0 Å². The third kappa shape index (κ3) is 3.24. The molecular formula is C42H24N2S2. The summed E-state index contributed by atoms with van der Waals surface area (Å²) in [6, 6.07) is 53.9. The SMILES string of the molecule is c1ccc2c(c1)sc1ccc(-n3c4ccccc4c4c5c6ccccc6n(-c6ccc7sc8ccccc8c7c6)c5ccc43)cc12. The van der Waals surface area contributed by atoms with Crippen molar-refractivity contribution in [3.05, 3.63) is 146 Å². The number of hydrogen-bond acceptors (Lipinski definition) is 2. The molecule has 214 valence electrons. The standard InChI is InChI=1S/C42H24N2S2/c1-5-13-33-29(11-1)41-35(43(33)25-17-21-39-31(23-25)27-9-3-7-15-37(27)45-39)19-20-36-42(41)30-12-2-6-14-34(30)44(36)26-18-22-40-32(24-26)28-10-4-8-16-38(28)46-40/h1-24H. The summed E-state index contributed by atoms with van der Waals surface area (Å²) in [5.74, 6) is 0. The largest absolute Gasteiger partial charge is 0.309 e. The van der Waals surface area contributed by atoms with Gasteiger partial charge in [-0.3, -0.25) is 0 Å². The lowest BCUT2D eigenvalue weighted by Crippen LogP contribution is -1.94. The van der Waals surface area contributed by atoms with Crippen molar-refractivity contribution in [1.82, 2.24) is 9.13 Å². The van der Waals surface area contributed by atoms with Gasteiger partial charge in [0.1, 0.15) is 0 Å². The third-order valence-corrected chi connectivity index (χ3v) is 12.0. The lowest BCUT2D eigenvalue weighted by atomic mass is 10.1. The predicted molar refractivity (Wildman–Crippen MR) is 201 cm³/mol. The highest BCUT2D eigenvalue weighted by Crippen LogP contribution is 2.44. The molecule has 0 N–H and O–H groups in total. The van der Waals surface area contributed by atoms with Crippen LogP contribution >= 0.6 is 22.7 Å². The molecule has 4 heteroatoms. The van der Waals surface area contributed by atoms with Crippen molar-refractivity contribution in [1.29, 1.82) is 0 Å². The zero-order chi connectivity index (χ0) is 29.9. The van der Waals surface area contributed by atoms with Crippen LogP contribution in [0, 0.1) is 0 Å². The first-order valence-corrected chi connectivity index (χ1v) is 17.2. The van der Waals surface area contributed by atoms with Crippen LogP contribution in [-0.2, 0) is 0 Å². The minimum Gasteiger partial charge on any atom is -0.309 e. The summed E-state index contributed by atoms with van der Waals surface area (Å²) in [7, 11) is 0. The van der Waals surface area contributed by atoms with Crippen molar-refractivity contribution >= 4 is 107 Å². The third-order valence-electron chi connectivity index (χ3n) is 9.71. The molecule has 0 fully saturated rings. The molecule has 0 unspecified atom stereocenters. The van der Waals surface area contributed by atoms with Gasteiger partial charge in [0.15, 0.2) is 0 Å². The van der Waals surface area contributed by atoms with Gasteiger partial charge in [0, 0.05) is 73.3 Å². The van der Waals surface area contributed by atoms with Gasteiger partial charge in [-0.25, -0.2) is 0 Å². The van der Waals surface area contributed by atoms with Crippen LogP contribution in [0.2, 0.25) is 0 Å². The fraction of sp³-hybridized carbons (Fsp3) is 0.